The molecule has 138 valence electrons. The van der Waals surface area contributed by atoms with Gasteiger partial charge in [0.2, 0.25) is 5.91 Å². The summed E-state index contributed by atoms with van der Waals surface area (Å²) >= 11 is 0. The number of carbonyl (C=O) groups is 4. The molecule has 2 heterocycles. The first-order chi connectivity index (χ1) is 12.4. The number of nitrogens with one attached hydrogen (secondary N) is 1. The number of fused-ring (bicyclic) bond motifs is 1. The van der Waals surface area contributed by atoms with Crippen molar-refractivity contribution < 1.29 is 19.2 Å². The number of imide groups is 1. The average molecular weight is 358 g/mol. The van der Waals surface area contributed by atoms with Gasteiger partial charge >= 0.3 is 6.03 Å². The molecule has 2 aliphatic heterocycles. The molecule has 0 spiro atoms. The van der Waals surface area contributed by atoms with Gasteiger partial charge in [0.1, 0.15) is 6.54 Å². The Morgan fingerprint density at radius 3 is 2.12 bits per heavy atom. The van der Waals surface area contributed by atoms with Gasteiger partial charge in [0.25, 0.3) is 11.8 Å². The van der Waals surface area contributed by atoms with Gasteiger partial charge in [-0.2, -0.15) is 0 Å². The van der Waals surface area contributed by atoms with Crippen LogP contribution in [0, 0.1) is 0 Å². The van der Waals surface area contributed by atoms with E-state index < -0.39 is 11.8 Å². The van der Waals surface area contributed by atoms with Crippen molar-refractivity contribution in [2.75, 3.05) is 33.7 Å². The van der Waals surface area contributed by atoms with Gasteiger partial charge in [-0.3, -0.25) is 19.3 Å². The van der Waals surface area contributed by atoms with Crippen molar-refractivity contribution in [3.05, 3.63) is 35.4 Å². The Morgan fingerprint density at radius 2 is 1.62 bits per heavy atom. The molecule has 1 saturated heterocycles. The largest absolute Gasteiger partial charge is 0.352 e. The number of nitrogens with zero attached hydrogens (tertiary/aromatic N) is 3. The van der Waals surface area contributed by atoms with Gasteiger partial charge in [-0.1, -0.05) is 12.1 Å². The Morgan fingerprint density at radius 1 is 1.08 bits per heavy atom. The summed E-state index contributed by atoms with van der Waals surface area (Å²) in [7, 11) is 3.41. The lowest BCUT2D eigenvalue weighted by molar-refractivity contribution is -0.122. The highest BCUT2D eigenvalue weighted by Crippen LogP contribution is 2.22. The average Bonchev–Trinajstić information content (AvgIpc) is 2.87. The Kier molecular flexibility index (Phi) is 4.92. The number of piperidine rings is 1. The van der Waals surface area contributed by atoms with Gasteiger partial charge in [-0.25, -0.2) is 4.79 Å². The van der Waals surface area contributed by atoms with Crippen molar-refractivity contribution in [1.82, 2.24) is 20.0 Å². The highest BCUT2D eigenvalue weighted by molar-refractivity contribution is 6.22. The molecular formula is C18H22N4O4. The maximum atomic E-state index is 12.3. The molecule has 0 radical (unpaired) electrons. The zero-order valence-electron chi connectivity index (χ0n) is 14.9. The quantitative estimate of drug-likeness (QED) is 0.799. The summed E-state index contributed by atoms with van der Waals surface area (Å²) in [6.07, 6.45) is 1.29. The topological polar surface area (TPSA) is 90.0 Å². The summed E-state index contributed by atoms with van der Waals surface area (Å²) in [5.41, 5.74) is 0.668. The predicted octanol–water partition coefficient (Wildman–Crippen LogP) is 0.545. The summed E-state index contributed by atoms with van der Waals surface area (Å²) in [5, 5.41) is 2.87. The van der Waals surface area contributed by atoms with Crippen molar-refractivity contribution in [2.24, 2.45) is 0 Å². The third kappa shape index (κ3) is 3.40. The molecule has 1 fully saturated rings. The highest BCUT2D eigenvalue weighted by Gasteiger charge is 2.36. The van der Waals surface area contributed by atoms with E-state index in [2.05, 4.69) is 5.32 Å². The van der Waals surface area contributed by atoms with Crippen molar-refractivity contribution in [3.8, 4) is 0 Å². The molecule has 8 heteroatoms. The molecule has 0 saturated carbocycles. The van der Waals surface area contributed by atoms with Crippen LogP contribution in [0.1, 0.15) is 33.6 Å². The van der Waals surface area contributed by atoms with E-state index >= 15 is 0 Å². The van der Waals surface area contributed by atoms with Crippen LogP contribution in [0.3, 0.4) is 0 Å². The summed E-state index contributed by atoms with van der Waals surface area (Å²) in [5.74, 6) is -1.24. The molecule has 3 rings (SSSR count). The second kappa shape index (κ2) is 7.15. The SMILES string of the molecule is CN(C)C(=O)N1CCC(NC(=O)CN2C(=O)c3ccccc3C2=O)CC1. The Hall–Kier alpha value is -2.90. The lowest BCUT2D eigenvalue weighted by atomic mass is 10.1. The van der Waals surface area contributed by atoms with Gasteiger partial charge in [0.05, 0.1) is 11.1 Å². The van der Waals surface area contributed by atoms with E-state index in [0.717, 1.165) is 4.90 Å². The molecule has 0 aromatic heterocycles. The predicted molar refractivity (Wildman–Crippen MR) is 93.6 cm³/mol. The van der Waals surface area contributed by atoms with Gasteiger partial charge in [0, 0.05) is 33.2 Å². The molecule has 2 aliphatic rings. The van der Waals surface area contributed by atoms with Gasteiger partial charge in [-0.15, -0.1) is 0 Å². The number of carbonyl (C=O) groups excluding carboxylic acids is 4. The zero-order chi connectivity index (χ0) is 18.8. The molecule has 0 aliphatic carbocycles. The lowest BCUT2D eigenvalue weighted by Gasteiger charge is -2.34. The summed E-state index contributed by atoms with van der Waals surface area (Å²) in [6, 6.07) is 6.45. The standard InChI is InChI=1S/C18H22N4O4/c1-20(2)18(26)21-9-7-12(8-10-21)19-15(23)11-22-16(24)13-5-3-4-6-14(13)17(22)25/h3-6,12H,7-11H2,1-2H3,(H,19,23). The molecule has 0 unspecified atom stereocenters. The highest BCUT2D eigenvalue weighted by atomic mass is 16.2. The maximum Gasteiger partial charge on any atom is 0.319 e. The zero-order valence-corrected chi connectivity index (χ0v) is 14.9. The van der Waals surface area contributed by atoms with Crippen LogP contribution in [0.25, 0.3) is 0 Å². The molecule has 26 heavy (non-hydrogen) atoms. The Balaban J connectivity index is 1.52. The fraction of sp³-hybridized carbons (Fsp3) is 0.444. The second-order valence-electron chi connectivity index (χ2n) is 6.75. The first-order valence-corrected chi connectivity index (χ1v) is 8.59. The number of urea groups is 1. The number of amides is 5. The third-order valence-electron chi connectivity index (χ3n) is 4.69. The molecular weight excluding hydrogens is 336 g/mol. The van der Waals surface area contributed by atoms with Gasteiger partial charge in [-0.05, 0) is 25.0 Å². The number of benzene rings is 1. The normalized spacial score (nSPS) is 17.3. The Labute approximate surface area is 151 Å². The molecule has 1 aromatic rings. The number of hydrogen-bond acceptors (Lipinski definition) is 4. The smallest absolute Gasteiger partial charge is 0.319 e. The van der Waals surface area contributed by atoms with Crippen LogP contribution in [0.15, 0.2) is 24.3 Å². The van der Waals surface area contributed by atoms with Gasteiger partial charge < -0.3 is 15.1 Å². The fourth-order valence-corrected chi connectivity index (χ4v) is 3.30. The molecule has 8 nitrogen and oxygen atoms in total. The van der Waals surface area contributed by atoms with Crippen molar-refractivity contribution in [1.29, 1.82) is 0 Å². The van der Waals surface area contributed by atoms with E-state index in [1.165, 1.54) is 4.90 Å². The molecule has 1 N–H and O–H groups in total. The van der Waals surface area contributed by atoms with Crippen molar-refractivity contribution in [2.45, 2.75) is 18.9 Å². The van der Waals surface area contributed by atoms with Crippen LogP contribution in [0.2, 0.25) is 0 Å². The first kappa shape index (κ1) is 17.9. The summed E-state index contributed by atoms with van der Waals surface area (Å²) < 4.78 is 0. The van der Waals surface area contributed by atoms with Crippen LogP contribution in [-0.4, -0.2) is 78.2 Å². The van der Waals surface area contributed by atoms with E-state index in [-0.39, 0.29) is 24.5 Å². The minimum absolute atomic E-state index is 0.0409. The monoisotopic (exact) mass is 358 g/mol. The van der Waals surface area contributed by atoms with E-state index in [1.807, 2.05) is 0 Å². The fourth-order valence-electron chi connectivity index (χ4n) is 3.30. The number of hydrogen-bond donors (Lipinski definition) is 1. The second-order valence-corrected chi connectivity index (χ2v) is 6.75. The molecule has 1 aromatic carbocycles. The van der Waals surface area contributed by atoms with Crippen LogP contribution in [0.5, 0.6) is 0 Å². The molecule has 5 amide bonds. The van der Waals surface area contributed by atoms with Crippen molar-refractivity contribution >= 4 is 23.8 Å². The summed E-state index contributed by atoms with van der Waals surface area (Å²) in [4.78, 5) is 53.0. The first-order valence-electron chi connectivity index (χ1n) is 8.59. The van der Waals surface area contributed by atoms with Crippen LogP contribution < -0.4 is 5.32 Å². The molecule has 0 bridgehead atoms. The van der Waals surface area contributed by atoms with E-state index in [9.17, 15) is 19.2 Å². The lowest BCUT2D eigenvalue weighted by Crippen LogP contribution is -2.50. The summed E-state index contributed by atoms with van der Waals surface area (Å²) in [6.45, 7) is 0.840. The maximum absolute atomic E-state index is 12.3. The minimum Gasteiger partial charge on any atom is -0.352 e. The van der Waals surface area contributed by atoms with E-state index in [4.69, 9.17) is 0 Å². The van der Waals surface area contributed by atoms with Crippen molar-refractivity contribution in [3.63, 3.8) is 0 Å². The van der Waals surface area contributed by atoms with Gasteiger partial charge in [0.15, 0.2) is 0 Å². The minimum atomic E-state index is -0.438. The Bertz CT molecular complexity index is 718. The van der Waals surface area contributed by atoms with E-state index in [0.29, 0.717) is 37.1 Å². The van der Waals surface area contributed by atoms with Crippen LogP contribution in [-0.2, 0) is 4.79 Å². The molecule has 0 atom stereocenters. The number of likely N-dealkylation sites (tertiary alicyclic amines) is 1. The van der Waals surface area contributed by atoms with Crippen LogP contribution >= 0.6 is 0 Å². The van der Waals surface area contributed by atoms with Crippen LogP contribution in [0.4, 0.5) is 4.79 Å². The van der Waals surface area contributed by atoms with E-state index in [1.54, 1.807) is 43.3 Å². The third-order valence-corrected chi connectivity index (χ3v) is 4.69. The number of rotatable bonds is 3.